The van der Waals surface area contributed by atoms with E-state index >= 15 is 0 Å². The summed E-state index contributed by atoms with van der Waals surface area (Å²) in [6, 6.07) is 0.678. The van der Waals surface area contributed by atoms with Crippen molar-refractivity contribution in [2.45, 2.75) is 18.9 Å². The molecule has 11 heavy (non-hydrogen) atoms. The number of hydrogen-bond acceptors (Lipinski definition) is 3. The molecule has 0 aromatic heterocycles. The van der Waals surface area contributed by atoms with Crippen LogP contribution in [-0.2, 0) is 0 Å². The first-order valence-corrected chi connectivity index (χ1v) is 4.85. The standard InChI is InChI=1S/C6H12N2S2.ClH/c7-3-4-10-6(9)8-5-1-2-5;/h5H,1-4,7H2,(H,8,9);1H/p-1. The van der Waals surface area contributed by atoms with Gasteiger partial charge in [0.05, 0.1) is 0 Å². The SMILES string of the molecule is NCCSC(=S)NC1CC1.[Cl-]. The summed E-state index contributed by atoms with van der Waals surface area (Å²) in [7, 11) is 0. The molecule has 0 heterocycles. The minimum atomic E-state index is 0. The van der Waals surface area contributed by atoms with Crippen molar-refractivity contribution in [3.63, 3.8) is 0 Å². The van der Waals surface area contributed by atoms with Crippen LogP contribution in [0.15, 0.2) is 0 Å². The van der Waals surface area contributed by atoms with Gasteiger partial charge in [-0.05, 0) is 12.8 Å². The fraction of sp³-hybridized carbons (Fsp3) is 0.833. The Hall–Kier alpha value is 0.490. The summed E-state index contributed by atoms with van der Waals surface area (Å²) in [4.78, 5) is 0. The molecule has 0 spiro atoms. The van der Waals surface area contributed by atoms with E-state index in [1.54, 1.807) is 11.8 Å². The van der Waals surface area contributed by atoms with Crippen LogP contribution in [0.25, 0.3) is 0 Å². The first-order valence-electron chi connectivity index (χ1n) is 3.46. The smallest absolute Gasteiger partial charge is 0.134 e. The van der Waals surface area contributed by atoms with Gasteiger partial charge < -0.3 is 23.5 Å². The van der Waals surface area contributed by atoms with Gasteiger partial charge >= 0.3 is 0 Å². The second-order valence-corrected chi connectivity index (χ2v) is 4.12. The quantitative estimate of drug-likeness (QED) is 0.516. The number of nitrogens with two attached hydrogens (primary N) is 1. The van der Waals surface area contributed by atoms with Gasteiger partial charge in [-0.1, -0.05) is 24.0 Å². The topological polar surface area (TPSA) is 38.0 Å². The van der Waals surface area contributed by atoms with Crippen LogP contribution >= 0.6 is 24.0 Å². The van der Waals surface area contributed by atoms with Crippen LogP contribution in [0.2, 0.25) is 0 Å². The molecule has 1 rings (SSSR count). The molecule has 0 amide bonds. The van der Waals surface area contributed by atoms with Crippen molar-refractivity contribution in [2.24, 2.45) is 5.73 Å². The van der Waals surface area contributed by atoms with E-state index in [0.29, 0.717) is 12.6 Å². The van der Waals surface area contributed by atoms with Gasteiger partial charge in [-0.25, -0.2) is 0 Å². The van der Waals surface area contributed by atoms with Crippen LogP contribution in [0.4, 0.5) is 0 Å². The predicted octanol–water partition coefficient (Wildman–Crippen LogP) is -2.28. The molecule has 1 aliphatic carbocycles. The maximum absolute atomic E-state index is 5.32. The summed E-state index contributed by atoms with van der Waals surface area (Å²) in [6.45, 7) is 0.706. The minimum Gasteiger partial charge on any atom is -1.00 e. The van der Waals surface area contributed by atoms with Gasteiger partial charge in [0.2, 0.25) is 0 Å². The Kier molecular flexibility index (Phi) is 6.33. The highest BCUT2D eigenvalue weighted by Crippen LogP contribution is 2.20. The van der Waals surface area contributed by atoms with E-state index in [0.717, 1.165) is 10.1 Å². The fourth-order valence-corrected chi connectivity index (χ4v) is 1.56. The molecule has 66 valence electrons. The number of halogens is 1. The first-order chi connectivity index (χ1) is 4.83. The predicted molar refractivity (Wildman–Crippen MR) is 50.3 cm³/mol. The highest BCUT2D eigenvalue weighted by atomic mass is 35.5. The average Bonchev–Trinajstić information content (AvgIpc) is 2.67. The summed E-state index contributed by atoms with van der Waals surface area (Å²) in [5.41, 5.74) is 5.32. The van der Waals surface area contributed by atoms with E-state index in [1.807, 2.05) is 0 Å². The Morgan fingerprint density at radius 2 is 2.27 bits per heavy atom. The third-order valence-corrected chi connectivity index (χ3v) is 2.54. The zero-order valence-corrected chi connectivity index (χ0v) is 8.57. The third kappa shape index (κ3) is 5.73. The lowest BCUT2D eigenvalue weighted by atomic mass is 10.7. The van der Waals surface area contributed by atoms with E-state index < -0.39 is 0 Å². The van der Waals surface area contributed by atoms with E-state index in [-0.39, 0.29) is 12.4 Å². The maximum atomic E-state index is 5.32. The highest BCUT2D eigenvalue weighted by molar-refractivity contribution is 8.22. The normalized spacial score (nSPS) is 15.4. The lowest BCUT2D eigenvalue weighted by molar-refractivity contribution is -0.00000208. The third-order valence-electron chi connectivity index (χ3n) is 1.25. The van der Waals surface area contributed by atoms with Crippen LogP contribution in [0.3, 0.4) is 0 Å². The van der Waals surface area contributed by atoms with E-state index in [2.05, 4.69) is 5.32 Å². The highest BCUT2D eigenvalue weighted by Gasteiger charge is 2.21. The maximum Gasteiger partial charge on any atom is 0.134 e. The molecule has 5 heteroatoms. The van der Waals surface area contributed by atoms with Crippen LogP contribution in [-0.4, -0.2) is 22.7 Å². The molecular formula is C6H12ClN2S2-. The van der Waals surface area contributed by atoms with E-state index in [9.17, 15) is 0 Å². The van der Waals surface area contributed by atoms with Gasteiger partial charge in [-0.15, -0.1) is 0 Å². The van der Waals surface area contributed by atoms with Gasteiger partial charge in [0.1, 0.15) is 4.32 Å². The molecule has 1 aliphatic rings. The van der Waals surface area contributed by atoms with Gasteiger partial charge in [0.15, 0.2) is 0 Å². The van der Waals surface area contributed by atoms with Gasteiger partial charge in [0.25, 0.3) is 0 Å². The van der Waals surface area contributed by atoms with Crippen molar-refractivity contribution >= 4 is 28.3 Å². The van der Waals surface area contributed by atoms with Crippen LogP contribution in [0.1, 0.15) is 12.8 Å². The van der Waals surface area contributed by atoms with Gasteiger partial charge in [-0.2, -0.15) is 0 Å². The molecule has 0 aliphatic heterocycles. The molecule has 3 N–H and O–H groups in total. The molecule has 0 bridgehead atoms. The zero-order chi connectivity index (χ0) is 7.40. The summed E-state index contributed by atoms with van der Waals surface area (Å²) in [5.74, 6) is 0.929. The summed E-state index contributed by atoms with van der Waals surface area (Å²) in [5, 5.41) is 3.23. The lowest BCUT2D eigenvalue weighted by Crippen LogP contribution is -3.00. The van der Waals surface area contributed by atoms with Crippen molar-refractivity contribution < 1.29 is 12.4 Å². The van der Waals surface area contributed by atoms with Crippen molar-refractivity contribution in [3.8, 4) is 0 Å². The minimum absolute atomic E-state index is 0. The Labute approximate surface area is 83.1 Å². The fourth-order valence-electron chi connectivity index (χ4n) is 0.588. The monoisotopic (exact) mass is 211 g/mol. The number of thioether (sulfide) groups is 1. The second-order valence-electron chi connectivity index (χ2n) is 2.34. The molecular weight excluding hydrogens is 200 g/mol. The number of nitrogens with one attached hydrogen (secondary N) is 1. The Morgan fingerprint density at radius 1 is 1.64 bits per heavy atom. The van der Waals surface area contributed by atoms with Crippen molar-refractivity contribution in [1.82, 2.24) is 5.32 Å². The molecule has 0 radical (unpaired) electrons. The van der Waals surface area contributed by atoms with Crippen molar-refractivity contribution in [3.05, 3.63) is 0 Å². The van der Waals surface area contributed by atoms with Crippen LogP contribution < -0.4 is 23.5 Å². The Balaban J connectivity index is 0.000001000. The molecule has 1 saturated carbocycles. The zero-order valence-electron chi connectivity index (χ0n) is 6.18. The van der Waals surface area contributed by atoms with Gasteiger partial charge in [0, 0.05) is 18.3 Å². The molecule has 0 atom stereocenters. The molecule has 0 aromatic rings. The molecule has 2 nitrogen and oxygen atoms in total. The second kappa shape index (κ2) is 6.06. The van der Waals surface area contributed by atoms with Gasteiger partial charge in [-0.3, -0.25) is 0 Å². The molecule has 0 saturated heterocycles. The Morgan fingerprint density at radius 3 is 2.73 bits per heavy atom. The van der Waals surface area contributed by atoms with Crippen molar-refractivity contribution in [2.75, 3.05) is 12.3 Å². The largest absolute Gasteiger partial charge is 1.00 e. The van der Waals surface area contributed by atoms with Crippen LogP contribution in [0, 0.1) is 0 Å². The van der Waals surface area contributed by atoms with Crippen LogP contribution in [0.5, 0.6) is 0 Å². The van der Waals surface area contributed by atoms with E-state index in [1.165, 1.54) is 12.8 Å². The lowest BCUT2D eigenvalue weighted by Gasteiger charge is -2.03. The number of thiocarbonyl (C=S) groups is 1. The Bertz CT molecular complexity index is 128. The number of hydrogen-bond donors (Lipinski definition) is 2. The summed E-state index contributed by atoms with van der Waals surface area (Å²) < 4.78 is 0.910. The summed E-state index contributed by atoms with van der Waals surface area (Å²) in [6.07, 6.45) is 2.56. The number of rotatable bonds is 3. The van der Waals surface area contributed by atoms with Crippen molar-refractivity contribution in [1.29, 1.82) is 0 Å². The first kappa shape index (κ1) is 11.5. The average molecular weight is 212 g/mol. The molecule has 0 unspecified atom stereocenters. The summed E-state index contributed by atoms with van der Waals surface area (Å²) >= 11 is 6.67. The molecule has 1 fully saturated rings. The van der Waals surface area contributed by atoms with E-state index in [4.69, 9.17) is 18.0 Å². The molecule has 0 aromatic carbocycles.